The molecule has 1 aromatic carbocycles. The van der Waals surface area contributed by atoms with Gasteiger partial charge in [-0.05, 0) is 38.8 Å². The molecule has 6 heteroatoms. The fourth-order valence-electron chi connectivity index (χ4n) is 2.39. The van der Waals surface area contributed by atoms with E-state index in [-0.39, 0.29) is 12.1 Å². The van der Waals surface area contributed by atoms with Crippen LogP contribution in [-0.2, 0) is 11.3 Å². The first-order valence-electron chi connectivity index (χ1n) is 6.88. The Morgan fingerprint density at radius 1 is 1.38 bits per heavy atom. The third-order valence-corrected chi connectivity index (χ3v) is 3.27. The van der Waals surface area contributed by atoms with E-state index in [0.717, 1.165) is 6.07 Å². The molecule has 1 heterocycles. The highest BCUT2D eigenvalue weighted by molar-refractivity contribution is 5.68. The lowest BCUT2D eigenvalue weighted by Gasteiger charge is -2.26. The van der Waals surface area contributed by atoms with Crippen LogP contribution in [0.25, 0.3) is 0 Å². The molecule has 2 rings (SSSR count). The number of halogens is 2. The maximum atomic E-state index is 13.9. The molecule has 1 unspecified atom stereocenters. The SMILES string of the molecule is CC(C)(C)OC(=O)N1CCC(N)c2c(F)cc(F)cc2C1. The fraction of sp³-hybridized carbons (Fsp3) is 0.533. The van der Waals surface area contributed by atoms with Gasteiger partial charge in [-0.3, -0.25) is 0 Å². The number of carbonyl (C=O) groups excluding carboxylic acids is 1. The maximum absolute atomic E-state index is 13.9. The average Bonchev–Trinajstić information content (AvgIpc) is 2.46. The van der Waals surface area contributed by atoms with Gasteiger partial charge in [-0.15, -0.1) is 0 Å². The van der Waals surface area contributed by atoms with Crippen molar-refractivity contribution in [3.05, 3.63) is 34.9 Å². The third kappa shape index (κ3) is 3.69. The van der Waals surface area contributed by atoms with Gasteiger partial charge in [0.1, 0.15) is 17.2 Å². The molecule has 0 spiro atoms. The summed E-state index contributed by atoms with van der Waals surface area (Å²) in [6.07, 6.45) is -0.110. The summed E-state index contributed by atoms with van der Waals surface area (Å²) in [4.78, 5) is 13.6. The van der Waals surface area contributed by atoms with Gasteiger partial charge in [0, 0.05) is 30.8 Å². The number of nitrogens with zero attached hydrogens (tertiary/aromatic N) is 1. The van der Waals surface area contributed by atoms with E-state index in [9.17, 15) is 13.6 Å². The highest BCUT2D eigenvalue weighted by Gasteiger charge is 2.28. The molecule has 0 aliphatic carbocycles. The van der Waals surface area contributed by atoms with E-state index in [1.54, 1.807) is 20.8 Å². The van der Waals surface area contributed by atoms with Crippen LogP contribution >= 0.6 is 0 Å². The van der Waals surface area contributed by atoms with Gasteiger partial charge in [0.2, 0.25) is 0 Å². The molecule has 1 aliphatic heterocycles. The van der Waals surface area contributed by atoms with Gasteiger partial charge in [-0.1, -0.05) is 0 Å². The molecular weight excluding hydrogens is 278 g/mol. The molecular formula is C15H20F2N2O2. The van der Waals surface area contributed by atoms with E-state index < -0.39 is 29.4 Å². The van der Waals surface area contributed by atoms with Gasteiger partial charge in [0.15, 0.2) is 0 Å². The third-order valence-electron chi connectivity index (χ3n) is 3.27. The van der Waals surface area contributed by atoms with Crippen LogP contribution in [0.15, 0.2) is 12.1 Å². The van der Waals surface area contributed by atoms with Crippen LogP contribution in [0, 0.1) is 11.6 Å². The first-order valence-corrected chi connectivity index (χ1v) is 6.88. The Kier molecular flexibility index (Phi) is 4.18. The molecule has 0 radical (unpaired) electrons. The first-order chi connectivity index (χ1) is 9.67. The monoisotopic (exact) mass is 298 g/mol. The molecule has 1 amide bonds. The first kappa shape index (κ1) is 15.7. The molecule has 116 valence electrons. The molecule has 4 nitrogen and oxygen atoms in total. The van der Waals surface area contributed by atoms with E-state index in [0.29, 0.717) is 18.5 Å². The summed E-state index contributed by atoms with van der Waals surface area (Å²) in [7, 11) is 0. The van der Waals surface area contributed by atoms with Gasteiger partial charge in [0.25, 0.3) is 0 Å². The maximum Gasteiger partial charge on any atom is 0.410 e. The van der Waals surface area contributed by atoms with Crippen LogP contribution in [0.3, 0.4) is 0 Å². The summed E-state index contributed by atoms with van der Waals surface area (Å²) >= 11 is 0. The Balaban J connectivity index is 2.29. The van der Waals surface area contributed by atoms with Crippen LogP contribution in [-0.4, -0.2) is 23.1 Å². The van der Waals surface area contributed by atoms with E-state index in [4.69, 9.17) is 10.5 Å². The molecule has 1 atom stereocenters. The van der Waals surface area contributed by atoms with Crippen molar-refractivity contribution in [1.82, 2.24) is 4.90 Å². The number of ether oxygens (including phenoxy) is 1. The van der Waals surface area contributed by atoms with Crippen LogP contribution < -0.4 is 5.73 Å². The largest absolute Gasteiger partial charge is 0.444 e. The van der Waals surface area contributed by atoms with Gasteiger partial charge in [0.05, 0.1) is 0 Å². The van der Waals surface area contributed by atoms with Crippen LogP contribution in [0.4, 0.5) is 13.6 Å². The molecule has 1 aromatic rings. The van der Waals surface area contributed by atoms with Crippen LogP contribution in [0.5, 0.6) is 0 Å². The van der Waals surface area contributed by atoms with E-state index >= 15 is 0 Å². The quantitative estimate of drug-likeness (QED) is 0.800. The Morgan fingerprint density at radius 3 is 2.67 bits per heavy atom. The molecule has 0 saturated heterocycles. The zero-order valence-corrected chi connectivity index (χ0v) is 12.5. The molecule has 0 aromatic heterocycles. The zero-order chi connectivity index (χ0) is 15.8. The van der Waals surface area contributed by atoms with E-state index in [1.165, 1.54) is 11.0 Å². The number of hydrogen-bond donors (Lipinski definition) is 1. The van der Waals surface area contributed by atoms with Crippen molar-refractivity contribution in [2.75, 3.05) is 6.54 Å². The van der Waals surface area contributed by atoms with Crippen LogP contribution in [0.1, 0.15) is 44.4 Å². The Morgan fingerprint density at radius 2 is 2.05 bits per heavy atom. The minimum atomic E-state index is -0.676. The number of fused-ring (bicyclic) bond motifs is 1. The van der Waals surface area contributed by atoms with Crippen molar-refractivity contribution in [1.29, 1.82) is 0 Å². The van der Waals surface area contributed by atoms with Crippen molar-refractivity contribution in [2.24, 2.45) is 5.73 Å². The number of nitrogens with two attached hydrogens (primary N) is 1. The summed E-state index contributed by atoms with van der Waals surface area (Å²) in [5, 5.41) is 0. The second kappa shape index (κ2) is 5.60. The molecule has 0 saturated carbocycles. The fourth-order valence-corrected chi connectivity index (χ4v) is 2.39. The average molecular weight is 298 g/mol. The van der Waals surface area contributed by atoms with E-state index in [2.05, 4.69) is 0 Å². The lowest BCUT2D eigenvalue weighted by Crippen LogP contribution is -2.36. The molecule has 21 heavy (non-hydrogen) atoms. The van der Waals surface area contributed by atoms with Gasteiger partial charge < -0.3 is 15.4 Å². The summed E-state index contributed by atoms with van der Waals surface area (Å²) in [6.45, 7) is 5.73. The molecule has 1 aliphatic rings. The van der Waals surface area contributed by atoms with Crippen molar-refractivity contribution >= 4 is 6.09 Å². The summed E-state index contributed by atoms with van der Waals surface area (Å²) in [6, 6.07) is 1.48. The van der Waals surface area contributed by atoms with Gasteiger partial charge in [-0.2, -0.15) is 0 Å². The van der Waals surface area contributed by atoms with Crippen LogP contribution in [0.2, 0.25) is 0 Å². The normalized spacial score (nSPS) is 19.0. The minimum Gasteiger partial charge on any atom is -0.444 e. The predicted octanol–water partition coefficient (Wildman–Crippen LogP) is 3.11. The predicted molar refractivity (Wildman–Crippen MR) is 74.5 cm³/mol. The Bertz CT molecular complexity index is 555. The standard InChI is InChI=1S/C15H20F2N2O2/c1-15(2,3)21-14(20)19-5-4-12(18)13-9(8-19)6-10(16)7-11(13)17/h6-7,12H,4-5,8,18H2,1-3H3. The van der Waals surface area contributed by atoms with Crippen molar-refractivity contribution < 1.29 is 18.3 Å². The van der Waals surface area contributed by atoms with Crippen molar-refractivity contribution in [2.45, 2.75) is 45.4 Å². The smallest absolute Gasteiger partial charge is 0.410 e. The molecule has 0 fully saturated rings. The lowest BCUT2D eigenvalue weighted by molar-refractivity contribution is 0.0234. The van der Waals surface area contributed by atoms with Crippen molar-refractivity contribution in [3.63, 3.8) is 0 Å². The number of carbonyl (C=O) groups is 1. The Labute approximate surface area is 122 Å². The topological polar surface area (TPSA) is 55.6 Å². The highest BCUT2D eigenvalue weighted by Crippen LogP contribution is 2.29. The summed E-state index contributed by atoms with van der Waals surface area (Å²) in [5.74, 6) is -1.34. The Hall–Kier alpha value is -1.69. The number of rotatable bonds is 0. The summed E-state index contributed by atoms with van der Waals surface area (Å²) in [5.41, 5.74) is 5.99. The van der Waals surface area contributed by atoms with E-state index in [1.807, 2.05) is 0 Å². The second-order valence-corrected chi connectivity index (χ2v) is 6.26. The summed E-state index contributed by atoms with van der Waals surface area (Å²) < 4.78 is 32.6. The van der Waals surface area contributed by atoms with Crippen molar-refractivity contribution in [3.8, 4) is 0 Å². The van der Waals surface area contributed by atoms with Gasteiger partial charge in [-0.25, -0.2) is 13.6 Å². The number of amides is 1. The lowest BCUT2D eigenvalue weighted by atomic mass is 9.99. The minimum absolute atomic E-state index is 0.0899. The molecule has 2 N–H and O–H groups in total. The number of benzene rings is 1. The van der Waals surface area contributed by atoms with Gasteiger partial charge >= 0.3 is 6.09 Å². The second-order valence-electron chi connectivity index (χ2n) is 6.26. The number of hydrogen-bond acceptors (Lipinski definition) is 3. The molecule has 0 bridgehead atoms. The highest BCUT2D eigenvalue weighted by atomic mass is 19.1. The zero-order valence-electron chi connectivity index (χ0n) is 12.5.